The number of benzene rings is 2. The van der Waals surface area contributed by atoms with Crippen LogP contribution in [0.5, 0.6) is 0 Å². The highest BCUT2D eigenvalue weighted by atomic mass is 35.5. The SMILES string of the molecule is Cl.O=C(Cl)c1cncn1C(c1ccccc1)c1ccccc1. The van der Waals surface area contributed by atoms with E-state index in [0.29, 0.717) is 5.69 Å². The predicted octanol–water partition coefficient (Wildman–Crippen LogP) is 4.32. The van der Waals surface area contributed by atoms with Crippen molar-refractivity contribution in [2.45, 2.75) is 6.04 Å². The van der Waals surface area contributed by atoms with Gasteiger partial charge in [-0.05, 0) is 22.7 Å². The zero-order valence-electron chi connectivity index (χ0n) is 11.6. The molecule has 3 rings (SSSR count). The number of imidazole rings is 1. The van der Waals surface area contributed by atoms with Crippen LogP contribution < -0.4 is 0 Å². The van der Waals surface area contributed by atoms with E-state index in [1.807, 2.05) is 60.7 Å². The van der Waals surface area contributed by atoms with E-state index in [1.165, 1.54) is 6.20 Å². The minimum Gasteiger partial charge on any atom is -0.315 e. The lowest BCUT2D eigenvalue weighted by Crippen LogP contribution is -2.15. The Balaban J connectivity index is 0.00000176. The van der Waals surface area contributed by atoms with Gasteiger partial charge in [0.15, 0.2) is 0 Å². The smallest absolute Gasteiger partial charge is 0.270 e. The van der Waals surface area contributed by atoms with Gasteiger partial charge in [-0.25, -0.2) is 4.98 Å². The molecule has 0 atom stereocenters. The van der Waals surface area contributed by atoms with Gasteiger partial charge in [-0.3, -0.25) is 4.79 Å². The van der Waals surface area contributed by atoms with Crippen molar-refractivity contribution >= 4 is 29.3 Å². The summed E-state index contributed by atoms with van der Waals surface area (Å²) >= 11 is 5.67. The summed E-state index contributed by atoms with van der Waals surface area (Å²) in [7, 11) is 0. The second-order valence-corrected chi connectivity index (χ2v) is 5.03. The van der Waals surface area contributed by atoms with Gasteiger partial charge in [0, 0.05) is 0 Å². The molecule has 3 nitrogen and oxygen atoms in total. The fraction of sp³-hybridized carbons (Fsp3) is 0.0588. The van der Waals surface area contributed by atoms with Gasteiger partial charge in [0.2, 0.25) is 0 Å². The van der Waals surface area contributed by atoms with Crippen LogP contribution in [0.1, 0.15) is 27.7 Å². The maximum Gasteiger partial charge on any atom is 0.270 e. The summed E-state index contributed by atoms with van der Waals surface area (Å²) in [5.74, 6) is 0. The molecule has 1 aromatic heterocycles. The third kappa shape index (κ3) is 3.21. The standard InChI is InChI=1S/C17H13ClN2O.ClH/c18-17(21)15-11-19-12-20(15)16(13-7-3-1-4-8-13)14-9-5-2-6-10-14;/h1-12,16H;1H. The summed E-state index contributed by atoms with van der Waals surface area (Å²) in [5.41, 5.74) is 2.52. The second kappa shape index (κ2) is 7.25. The molecule has 0 N–H and O–H groups in total. The van der Waals surface area contributed by atoms with Gasteiger partial charge in [0.1, 0.15) is 5.69 Å². The van der Waals surface area contributed by atoms with E-state index >= 15 is 0 Å². The van der Waals surface area contributed by atoms with E-state index in [0.717, 1.165) is 11.1 Å². The van der Waals surface area contributed by atoms with E-state index < -0.39 is 5.24 Å². The summed E-state index contributed by atoms with van der Waals surface area (Å²) in [5, 5.41) is -0.510. The van der Waals surface area contributed by atoms with Gasteiger partial charge >= 0.3 is 0 Å². The molecule has 0 amide bonds. The van der Waals surface area contributed by atoms with Crippen LogP contribution in [-0.4, -0.2) is 14.8 Å². The molecule has 0 aliphatic rings. The summed E-state index contributed by atoms with van der Waals surface area (Å²) in [6.07, 6.45) is 3.13. The van der Waals surface area contributed by atoms with Crippen molar-refractivity contribution in [1.29, 1.82) is 0 Å². The number of rotatable bonds is 4. The molecule has 0 saturated heterocycles. The molecule has 0 aliphatic carbocycles. The first-order valence-electron chi connectivity index (χ1n) is 6.59. The van der Waals surface area contributed by atoms with Crippen LogP contribution in [0.2, 0.25) is 0 Å². The largest absolute Gasteiger partial charge is 0.315 e. The van der Waals surface area contributed by atoms with Crippen molar-refractivity contribution < 1.29 is 4.79 Å². The van der Waals surface area contributed by atoms with Crippen LogP contribution in [-0.2, 0) is 0 Å². The average molecular weight is 333 g/mol. The third-order valence-electron chi connectivity index (χ3n) is 3.38. The van der Waals surface area contributed by atoms with Gasteiger partial charge in [0.25, 0.3) is 5.24 Å². The first-order chi connectivity index (χ1) is 10.3. The lowest BCUT2D eigenvalue weighted by molar-refractivity contribution is 0.107. The van der Waals surface area contributed by atoms with Gasteiger partial charge < -0.3 is 4.57 Å². The molecule has 112 valence electrons. The van der Waals surface area contributed by atoms with Gasteiger partial charge in [-0.1, -0.05) is 60.7 Å². The minimum atomic E-state index is -0.510. The molecule has 1 heterocycles. The van der Waals surface area contributed by atoms with E-state index in [1.54, 1.807) is 10.9 Å². The highest BCUT2D eigenvalue weighted by Crippen LogP contribution is 2.28. The Kier molecular flexibility index (Phi) is 5.36. The van der Waals surface area contributed by atoms with Gasteiger partial charge in [-0.15, -0.1) is 12.4 Å². The summed E-state index contributed by atoms with van der Waals surface area (Å²) in [6, 6.07) is 19.8. The maximum atomic E-state index is 11.6. The normalized spacial score (nSPS) is 10.3. The first-order valence-corrected chi connectivity index (χ1v) is 6.96. The van der Waals surface area contributed by atoms with Crippen molar-refractivity contribution in [2.75, 3.05) is 0 Å². The fourth-order valence-electron chi connectivity index (χ4n) is 2.45. The van der Waals surface area contributed by atoms with Crippen molar-refractivity contribution in [3.63, 3.8) is 0 Å². The molecule has 0 unspecified atom stereocenters. The molecule has 0 fully saturated rings. The number of carbonyl (C=O) groups excluding carboxylic acids is 1. The van der Waals surface area contributed by atoms with Crippen molar-refractivity contribution in [3.8, 4) is 0 Å². The van der Waals surface area contributed by atoms with Crippen molar-refractivity contribution in [3.05, 3.63) is 90.0 Å². The maximum absolute atomic E-state index is 11.6. The second-order valence-electron chi connectivity index (χ2n) is 4.68. The lowest BCUT2D eigenvalue weighted by Gasteiger charge is -2.21. The predicted molar refractivity (Wildman–Crippen MR) is 89.8 cm³/mol. The topological polar surface area (TPSA) is 34.9 Å². The zero-order chi connectivity index (χ0) is 14.7. The quantitative estimate of drug-likeness (QED) is 0.667. The van der Waals surface area contributed by atoms with Crippen LogP contribution in [0.15, 0.2) is 73.2 Å². The number of carbonyl (C=O) groups is 1. The molecule has 5 heteroatoms. The Morgan fingerprint density at radius 1 is 0.955 bits per heavy atom. The number of hydrogen-bond acceptors (Lipinski definition) is 2. The van der Waals surface area contributed by atoms with Crippen LogP contribution in [0.4, 0.5) is 0 Å². The Hall–Kier alpha value is -2.10. The molecule has 22 heavy (non-hydrogen) atoms. The minimum absolute atomic E-state index is 0. The molecule has 3 aromatic rings. The van der Waals surface area contributed by atoms with Crippen molar-refractivity contribution in [1.82, 2.24) is 9.55 Å². The van der Waals surface area contributed by atoms with E-state index in [4.69, 9.17) is 11.6 Å². The Morgan fingerprint density at radius 3 is 1.91 bits per heavy atom. The monoisotopic (exact) mass is 332 g/mol. The number of hydrogen-bond donors (Lipinski definition) is 0. The Bertz CT molecular complexity index is 702. The average Bonchev–Trinajstić information content (AvgIpc) is 2.99. The van der Waals surface area contributed by atoms with E-state index in [-0.39, 0.29) is 18.4 Å². The first kappa shape index (κ1) is 16.3. The highest BCUT2D eigenvalue weighted by molar-refractivity contribution is 6.67. The van der Waals surface area contributed by atoms with Crippen LogP contribution in [0.3, 0.4) is 0 Å². The molecule has 2 aromatic carbocycles. The zero-order valence-corrected chi connectivity index (χ0v) is 13.2. The number of nitrogens with zero attached hydrogens (tertiary/aromatic N) is 2. The van der Waals surface area contributed by atoms with Gasteiger partial charge in [-0.2, -0.15) is 0 Å². The molecule has 0 saturated carbocycles. The molecule has 0 radical (unpaired) electrons. The summed E-state index contributed by atoms with van der Waals surface area (Å²) in [6.45, 7) is 0. The van der Waals surface area contributed by atoms with Gasteiger partial charge in [0.05, 0.1) is 18.6 Å². The molecule has 0 aliphatic heterocycles. The van der Waals surface area contributed by atoms with Crippen LogP contribution >= 0.6 is 24.0 Å². The molecule has 0 bridgehead atoms. The molecular formula is C17H14Cl2N2O. The molecule has 0 spiro atoms. The summed E-state index contributed by atoms with van der Waals surface area (Å²) < 4.78 is 1.81. The van der Waals surface area contributed by atoms with E-state index in [9.17, 15) is 4.79 Å². The van der Waals surface area contributed by atoms with Crippen molar-refractivity contribution in [2.24, 2.45) is 0 Å². The lowest BCUT2D eigenvalue weighted by atomic mass is 9.98. The highest BCUT2D eigenvalue weighted by Gasteiger charge is 2.20. The summed E-state index contributed by atoms with van der Waals surface area (Å²) in [4.78, 5) is 15.7. The number of halogens is 2. The number of aromatic nitrogens is 2. The fourth-order valence-corrected chi connectivity index (χ4v) is 2.59. The molecular weight excluding hydrogens is 319 g/mol. The third-order valence-corrected chi connectivity index (χ3v) is 3.57. The van der Waals surface area contributed by atoms with E-state index in [2.05, 4.69) is 4.98 Å². The Morgan fingerprint density at radius 2 is 1.45 bits per heavy atom. The Labute approximate surface area is 140 Å². The van der Waals surface area contributed by atoms with Crippen LogP contribution in [0.25, 0.3) is 0 Å². The van der Waals surface area contributed by atoms with Crippen LogP contribution in [0, 0.1) is 0 Å².